The molecule has 2 N–H and O–H groups in total. The molecule has 284 valence electrons. The molecule has 15 heteroatoms. The summed E-state index contributed by atoms with van der Waals surface area (Å²) >= 11 is 5.39. The summed E-state index contributed by atoms with van der Waals surface area (Å²) in [6.07, 6.45) is 7.41. The molecule has 0 amide bonds. The van der Waals surface area contributed by atoms with Gasteiger partial charge in [-0.05, 0) is 99.9 Å². The monoisotopic (exact) mass is 824 g/mol. The number of nitriles is 1. The third kappa shape index (κ3) is 11.3. The van der Waals surface area contributed by atoms with Crippen molar-refractivity contribution in [2.24, 2.45) is 9.57 Å². The van der Waals surface area contributed by atoms with Crippen LogP contribution >= 0.6 is 27.7 Å². The van der Waals surface area contributed by atoms with E-state index in [0.29, 0.717) is 37.9 Å². The zero-order valence-corrected chi connectivity index (χ0v) is 33.8. The van der Waals surface area contributed by atoms with Gasteiger partial charge in [0, 0.05) is 66.9 Å². The van der Waals surface area contributed by atoms with E-state index in [-0.39, 0.29) is 28.2 Å². The summed E-state index contributed by atoms with van der Waals surface area (Å²) in [4.78, 5) is 19.3. The molecule has 1 atom stereocenters. The molecule has 0 radical (unpaired) electrons. The third-order valence-corrected chi connectivity index (χ3v) is 13.3. The molecule has 1 heterocycles. The molecule has 0 unspecified atom stereocenters. The zero-order chi connectivity index (χ0) is 37.8. The summed E-state index contributed by atoms with van der Waals surface area (Å²) in [7, 11) is 1.53. The van der Waals surface area contributed by atoms with Crippen molar-refractivity contribution in [3.63, 3.8) is 0 Å². The summed E-state index contributed by atoms with van der Waals surface area (Å²) in [6, 6.07) is 23.0. The number of piperazine rings is 1. The molecule has 3 aromatic carbocycles. The Morgan fingerprint density at radius 1 is 1.08 bits per heavy atom. The van der Waals surface area contributed by atoms with Gasteiger partial charge in [0.2, 0.25) is 5.96 Å². The second-order valence-corrected chi connectivity index (χ2v) is 17.4. The lowest BCUT2D eigenvalue weighted by Crippen LogP contribution is -2.55. The van der Waals surface area contributed by atoms with Gasteiger partial charge < -0.3 is 19.9 Å². The largest absolute Gasteiger partial charge is 0.380 e. The van der Waals surface area contributed by atoms with Crippen molar-refractivity contribution in [3.05, 3.63) is 87.7 Å². The number of anilines is 1. The highest BCUT2D eigenvalue weighted by Crippen LogP contribution is 2.38. The highest BCUT2D eigenvalue weighted by atomic mass is 79.9. The number of nitrogens with one attached hydrogen (secondary N) is 2. The van der Waals surface area contributed by atoms with Crippen molar-refractivity contribution in [2.75, 3.05) is 65.0 Å². The van der Waals surface area contributed by atoms with Crippen LogP contribution in [-0.4, -0.2) is 106 Å². The van der Waals surface area contributed by atoms with Crippen LogP contribution in [-0.2, 0) is 21.2 Å². The van der Waals surface area contributed by atoms with Crippen LogP contribution < -0.4 is 10.6 Å². The summed E-state index contributed by atoms with van der Waals surface area (Å²) in [5.41, 5.74) is 1.48. The van der Waals surface area contributed by atoms with Gasteiger partial charge in [0.15, 0.2) is 6.19 Å². The maximum Gasteiger partial charge on any atom is 0.285 e. The maximum absolute atomic E-state index is 13.6. The van der Waals surface area contributed by atoms with E-state index >= 15 is 0 Å². The first-order valence-corrected chi connectivity index (χ1v) is 21.1. The number of hydrogen-bond donors (Lipinski definition) is 2. The number of thioether (sulfide) groups is 1. The molecule has 0 bridgehead atoms. The van der Waals surface area contributed by atoms with Crippen LogP contribution in [0.5, 0.6) is 0 Å². The molecule has 1 saturated heterocycles. The average molecular weight is 826 g/mol. The second kappa shape index (κ2) is 19.2. The number of nitroso groups, excluding NO2 is 1. The summed E-state index contributed by atoms with van der Waals surface area (Å²) in [6.45, 7) is 3.25. The lowest BCUT2D eigenvalue weighted by atomic mass is 9.77. The molecule has 3 aromatic rings. The molecule has 53 heavy (non-hydrogen) atoms. The minimum absolute atomic E-state index is 0.0125. The number of halogens is 1. The normalized spacial score (nSPS) is 20.5. The van der Waals surface area contributed by atoms with Gasteiger partial charge in [0.05, 0.1) is 16.2 Å². The van der Waals surface area contributed by atoms with Crippen molar-refractivity contribution < 1.29 is 13.2 Å². The first kappa shape index (κ1) is 40.7. The summed E-state index contributed by atoms with van der Waals surface area (Å²) in [5, 5.41) is 18.6. The quantitative estimate of drug-likeness (QED) is 0.0424. The van der Waals surface area contributed by atoms with Crippen molar-refractivity contribution in [1.29, 1.82) is 5.26 Å². The first-order chi connectivity index (χ1) is 25.5. The second-order valence-electron chi connectivity index (χ2n) is 13.9. The predicted octanol–water partition coefficient (Wildman–Crippen LogP) is 6.67. The van der Waals surface area contributed by atoms with Crippen LogP contribution in [0.4, 0.5) is 11.4 Å². The van der Waals surface area contributed by atoms with Crippen LogP contribution in [0.25, 0.3) is 0 Å². The minimum atomic E-state index is -4.29. The summed E-state index contributed by atoms with van der Waals surface area (Å²) in [5.74, 6) is 0.699. The van der Waals surface area contributed by atoms with E-state index in [2.05, 4.69) is 76.3 Å². The fourth-order valence-corrected chi connectivity index (χ4v) is 9.44. The van der Waals surface area contributed by atoms with Crippen LogP contribution in [0.2, 0.25) is 0 Å². The highest BCUT2D eigenvalue weighted by Gasteiger charge is 2.38. The molecule has 5 rings (SSSR count). The number of benzene rings is 3. The van der Waals surface area contributed by atoms with Gasteiger partial charge in [0.1, 0.15) is 5.69 Å². The topological polar surface area (TPSA) is 143 Å². The average Bonchev–Trinajstić information content (AvgIpc) is 3.17. The standard InChI is InChI=1S/C38H49BrN8O4S2/c1-45(2)20-17-30(27-52-32-10-5-4-6-11-32)42-35-14-13-33(25-36(35)43-48)53(49,50)44-37(41-28-40)47-23-21-46(22-24-47)31-15-18-38(51-3,19-16-31)26-29-9-7-8-12-34(29)39/h4-14,25,30-31,42H,15-24,26-27H2,1-3H3,(H,41,44)/t30-,31?,38?/m1/s1. The Balaban J connectivity index is 1.22. The Labute approximate surface area is 326 Å². The molecule has 1 aliphatic heterocycles. The van der Waals surface area contributed by atoms with E-state index in [1.54, 1.807) is 22.7 Å². The Morgan fingerprint density at radius 2 is 1.77 bits per heavy atom. The van der Waals surface area contributed by atoms with Gasteiger partial charge in [-0.15, -0.1) is 21.1 Å². The van der Waals surface area contributed by atoms with Crippen molar-refractivity contribution in [1.82, 2.24) is 20.0 Å². The van der Waals surface area contributed by atoms with Crippen LogP contribution in [0.15, 0.2) is 96.6 Å². The Bertz CT molecular complexity index is 1840. The number of guanidine groups is 1. The number of nitrogens with zero attached hydrogens (tertiary/aromatic N) is 6. The molecule has 1 saturated carbocycles. The van der Waals surface area contributed by atoms with Gasteiger partial charge >= 0.3 is 0 Å². The molecule has 2 fully saturated rings. The fraction of sp³-hybridized carbons (Fsp3) is 0.474. The van der Waals surface area contributed by atoms with E-state index in [9.17, 15) is 18.6 Å². The van der Waals surface area contributed by atoms with Gasteiger partial charge in [0.25, 0.3) is 10.0 Å². The molecular formula is C38H49BrN8O4S2. The van der Waals surface area contributed by atoms with E-state index in [1.165, 1.54) is 17.7 Å². The van der Waals surface area contributed by atoms with Crippen molar-refractivity contribution >= 4 is 55.0 Å². The van der Waals surface area contributed by atoms with Crippen molar-refractivity contribution in [2.45, 2.75) is 66.0 Å². The van der Waals surface area contributed by atoms with Gasteiger partial charge in [-0.2, -0.15) is 13.7 Å². The zero-order valence-electron chi connectivity index (χ0n) is 30.6. The fourth-order valence-electron chi connectivity index (χ4n) is 7.02. The van der Waals surface area contributed by atoms with E-state index in [4.69, 9.17) is 4.74 Å². The number of methoxy groups -OCH3 is 1. The van der Waals surface area contributed by atoms with Crippen LogP contribution in [0.3, 0.4) is 0 Å². The number of sulfonamides is 1. The Morgan fingerprint density at radius 3 is 2.42 bits per heavy atom. The van der Waals surface area contributed by atoms with Gasteiger partial charge in [-0.3, -0.25) is 10.2 Å². The van der Waals surface area contributed by atoms with E-state index < -0.39 is 10.0 Å². The molecule has 2 aliphatic rings. The van der Waals surface area contributed by atoms with E-state index in [0.717, 1.165) is 60.2 Å². The van der Waals surface area contributed by atoms with Crippen LogP contribution in [0.1, 0.15) is 37.7 Å². The molecule has 1 aliphatic carbocycles. The lowest BCUT2D eigenvalue weighted by Gasteiger charge is -2.45. The Hall–Kier alpha value is -3.52. The van der Waals surface area contributed by atoms with Gasteiger partial charge in [-0.25, -0.2) is 0 Å². The maximum atomic E-state index is 13.6. The third-order valence-electron chi connectivity index (χ3n) is 10.1. The molecular weight excluding hydrogens is 777 g/mol. The smallest absolute Gasteiger partial charge is 0.285 e. The molecule has 12 nitrogen and oxygen atoms in total. The highest BCUT2D eigenvalue weighted by molar-refractivity contribution is 9.10. The molecule has 0 aromatic heterocycles. The molecule has 0 spiro atoms. The Kier molecular flexibility index (Phi) is 14.7. The first-order valence-electron chi connectivity index (χ1n) is 17.9. The number of ether oxygens (including phenoxy) is 1. The SMILES string of the molecule is COC1(Cc2ccccc2Br)CCC(N2CCN(C(=NS(=O)(=O)c3ccc(N[C@H](CCN(C)C)CSc4ccccc4)c(N=O)c3)NC#N)CC2)CC1. The minimum Gasteiger partial charge on any atom is -0.380 e. The van der Waals surface area contributed by atoms with Crippen molar-refractivity contribution in [3.8, 4) is 6.19 Å². The lowest BCUT2D eigenvalue weighted by molar-refractivity contribution is -0.0577. The van der Waals surface area contributed by atoms with E-state index in [1.807, 2.05) is 51.7 Å². The predicted molar refractivity (Wildman–Crippen MR) is 216 cm³/mol. The summed E-state index contributed by atoms with van der Waals surface area (Å²) < 4.78 is 38.5. The number of rotatable bonds is 15. The number of hydrogen-bond acceptors (Lipinski definition) is 10. The van der Waals surface area contributed by atoms with Crippen LogP contribution in [0, 0.1) is 16.4 Å². The van der Waals surface area contributed by atoms with Gasteiger partial charge in [-0.1, -0.05) is 52.3 Å².